The number of amides is 1. The molecule has 1 unspecified atom stereocenters. The number of benzene rings is 2. The van der Waals surface area contributed by atoms with Crippen LogP contribution >= 0.6 is 0 Å². The smallest absolute Gasteiger partial charge is 0.326 e. The van der Waals surface area contributed by atoms with Crippen LogP contribution in [0.15, 0.2) is 65.5 Å². The number of hydrogen-bond acceptors (Lipinski definition) is 5. The molecule has 4 aromatic rings. The summed E-state index contributed by atoms with van der Waals surface area (Å²) in [6.07, 6.45) is 5.61. The number of carboxylic acid groups (broad SMARTS) is 1. The number of rotatable bonds is 10. The normalized spacial score (nSPS) is 11.8. The van der Waals surface area contributed by atoms with Crippen LogP contribution in [-0.4, -0.2) is 33.0 Å². The van der Waals surface area contributed by atoms with Gasteiger partial charge in [-0.1, -0.05) is 31.2 Å². The van der Waals surface area contributed by atoms with Gasteiger partial charge in [0, 0.05) is 42.0 Å². The molecular weight excluding hydrogens is 463 g/mol. The third kappa shape index (κ3) is 5.80. The predicted octanol–water partition coefficient (Wildman–Crippen LogP) is 4.72. The Bertz CT molecular complexity index is 1350. The van der Waals surface area contributed by atoms with Crippen LogP contribution in [0.4, 0.5) is 10.3 Å². The number of hydrogen-bond donors (Lipinski definition) is 4. The number of carbonyl (C=O) groups is 2. The molecular formula is C27H27FN4O4. The van der Waals surface area contributed by atoms with Crippen molar-refractivity contribution in [2.75, 3.05) is 5.32 Å². The molecule has 8 nitrogen and oxygen atoms in total. The third-order valence-corrected chi connectivity index (χ3v) is 5.88. The summed E-state index contributed by atoms with van der Waals surface area (Å²) in [5.74, 6) is -0.750. The molecule has 0 bridgehead atoms. The summed E-state index contributed by atoms with van der Waals surface area (Å²) >= 11 is 0. The topological polar surface area (TPSA) is 120 Å². The first-order chi connectivity index (χ1) is 17.3. The molecule has 2 aromatic carbocycles. The van der Waals surface area contributed by atoms with Gasteiger partial charge in [-0.15, -0.1) is 0 Å². The highest BCUT2D eigenvalue weighted by molar-refractivity contribution is 5.99. The van der Waals surface area contributed by atoms with Gasteiger partial charge in [0.2, 0.25) is 0 Å². The van der Waals surface area contributed by atoms with Crippen LogP contribution in [0.5, 0.6) is 0 Å². The lowest BCUT2D eigenvalue weighted by Gasteiger charge is -2.17. The minimum atomic E-state index is -1.15. The zero-order valence-electron chi connectivity index (χ0n) is 20.0. The van der Waals surface area contributed by atoms with Gasteiger partial charge >= 0.3 is 5.97 Å². The lowest BCUT2D eigenvalue weighted by molar-refractivity contribution is -0.139. The third-order valence-electron chi connectivity index (χ3n) is 5.88. The van der Waals surface area contributed by atoms with Crippen LogP contribution in [0.25, 0.3) is 11.3 Å². The predicted molar refractivity (Wildman–Crippen MR) is 133 cm³/mol. The van der Waals surface area contributed by atoms with Gasteiger partial charge in [-0.2, -0.15) is 0 Å². The number of aliphatic carboxylic acids is 1. The van der Waals surface area contributed by atoms with Crippen molar-refractivity contribution >= 4 is 17.8 Å². The largest absolute Gasteiger partial charge is 0.480 e. The molecule has 0 fully saturated rings. The Balaban J connectivity index is 1.42. The van der Waals surface area contributed by atoms with Crippen LogP contribution in [0.1, 0.15) is 39.5 Å². The van der Waals surface area contributed by atoms with E-state index in [1.54, 1.807) is 37.7 Å². The number of aryl methyl sites for hydroxylation is 2. The summed E-state index contributed by atoms with van der Waals surface area (Å²) < 4.78 is 19.4. The summed E-state index contributed by atoms with van der Waals surface area (Å²) in [4.78, 5) is 31.9. The molecule has 0 saturated heterocycles. The SMILES string of the molecule is CCc1cc(F)cc(C)c1C(=O)NC(Cc1ccc(-c2cc(CNc3ncc[nH]3)co2)cc1)C(=O)O. The van der Waals surface area contributed by atoms with Crippen LogP contribution in [0.2, 0.25) is 0 Å². The Labute approximate surface area is 207 Å². The van der Waals surface area contributed by atoms with Gasteiger partial charge in [0.15, 0.2) is 5.95 Å². The minimum Gasteiger partial charge on any atom is -0.480 e. The Morgan fingerprint density at radius 1 is 1.17 bits per heavy atom. The maximum Gasteiger partial charge on any atom is 0.326 e. The van der Waals surface area contributed by atoms with Crippen LogP contribution in [0, 0.1) is 12.7 Å². The Kier molecular flexibility index (Phi) is 7.48. The number of halogens is 1. The van der Waals surface area contributed by atoms with Crippen LogP contribution in [0.3, 0.4) is 0 Å². The van der Waals surface area contributed by atoms with Crippen molar-refractivity contribution in [3.8, 4) is 11.3 Å². The Hall–Kier alpha value is -4.40. The fraction of sp³-hybridized carbons (Fsp3) is 0.222. The fourth-order valence-electron chi connectivity index (χ4n) is 4.05. The average molecular weight is 491 g/mol. The highest BCUT2D eigenvalue weighted by atomic mass is 19.1. The molecule has 0 radical (unpaired) electrons. The van der Waals surface area contributed by atoms with Crippen molar-refractivity contribution in [3.05, 3.63) is 94.8 Å². The van der Waals surface area contributed by atoms with Crippen molar-refractivity contribution in [1.82, 2.24) is 15.3 Å². The number of aromatic amines is 1. The minimum absolute atomic E-state index is 0.0968. The van der Waals surface area contributed by atoms with E-state index in [0.29, 0.717) is 41.4 Å². The maximum atomic E-state index is 13.8. The van der Waals surface area contributed by atoms with Crippen molar-refractivity contribution in [2.45, 2.75) is 39.3 Å². The second-order valence-corrected chi connectivity index (χ2v) is 8.49. The molecule has 186 valence electrons. The van der Waals surface area contributed by atoms with Gasteiger partial charge in [-0.05, 0) is 48.2 Å². The number of nitrogens with one attached hydrogen (secondary N) is 3. The summed E-state index contributed by atoms with van der Waals surface area (Å²) in [5.41, 5.74) is 3.85. The summed E-state index contributed by atoms with van der Waals surface area (Å²) in [5, 5.41) is 15.5. The monoisotopic (exact) mass is 490 g/mol. The number of carbonyl (C=O) groups excluding carboxylic acids is 1. The summed E-state index contributed by atoms with van der Waals surface area (Å²) in [7, 11) is 0. The van der Waals surface area contributed by atoms with Crippen molar-refractivity contribution < 1.29 is 23.5 Å². The van der Waals surface area contributed by atoms with E-state index in [1.807, 2.05) is 25.1 Å². The van der Waals surface area contributed by atoms with E-state index in [1.165, 1.54) is 12.1 Å². The van der Waals surface area contributed by atoms with Gasteiger partial charge in [0.25, 0.3) is 5.91 Å². The van der Waals surface area contributed by atoms with E-state index in [0.717, 1.165) is 16.7 Å². The molecule has 2 aromatic heterocycles. The molecule has 0 saturated carbocycles. The average Bonchev–Trinajstić information content (AvgIpc) is 3.54. The quantitative estimate of drug-likeness (QED) is 0.255. The Morgan fingerprint density at radius 3 is 2.61 bits per heavy atom. The number of H-pyrrole nitrogens is 1. The van der Waals surface area contributed by atoms with Gasteiger partial charge in [-0.3, -0.25) is 4.79 Å². The number of nitrogens with zero attached hydrogens (tertiary/aromatic N) is 1. The first kappa shape index (κ1) is 24.7. The van der Waals surface area contributed by atoms with E-state index in [9.17, 15) is 19.1 Å². The summed E-state index contributed by atoms with van der Waals surface area (Å²) in [6, 6.07) is 10.7. The standard InChI is InChI=1S/C27H27FN4O4/c1-3-19-13-21(28)10-16(2)24(19)25(33)32-22(26(34)35)11-17-4-6-20(7-5-17)23-12-18(15-36-23)14-31-27-29-8-9-30-27/h4-10,12-13,15,22H,3,11,14H2,1-2H3,(H,32,33)(H,34,35)(H2,29,30,31). The zero-order valence-corrected chi connectivity index (χ0v) is 20.0. The van der Waals surface area contributed by atoms with Crippen LogP contribution < -0.4 is 10.6 Å². The number of imidazole rings is 1. The first-order valence-corrected chi connectivity index (χ1v) is 11.6. The van der Waals surface area contributed by atoms with Crippen LogP contribution in [-0.2, 0) is 24.2 Å². The highest BCUT2D eigenvalue weighted by Crippen LogP contribution is 2.24. The molecule has 2 heterocycles. The number of anilines is 1. The molecule has 0 aliphatic carbocycles. The Morgan fingerprint density at radius 2 is 1.94 bits per heavy atom. The van der Waals surface area contributed by atoms with Crippen molar-refractivity contribution in [2.24, 2.45) is 0 Å². The molecule has 0 aliphatic rings. The lowest BCUT2D eigenvalue weighted by atomic mass is 9.98. The van der Waals surface area contributed by atoms with Gasteiger partial charge in [-0.25, -0.2) is 14.2 Å². The van der Waals surface area contributed by atoms with Gasteiger partial charge in [0.05, 0.1) is 6.26 Å². The van der Waals surface area contributed by atoms with E-state index < -0.39 is 23.7 Å². The molecule has 4 rings (SSSR count). The van der Waals surface area contributed by atoms with E-state index >= 15 is 0 Å². The van der Waals surface area contributed by atoms with Crippen molar-refractivity contribution in [3.63, 3.8) is 0 Å². The van der Waals surface area contributed by atoms with Crippen molar-refractivity contribution in [1.29, 1.82) is 0 Å². The number of aromatic nitrogens is 2. The van der Waals surface area contributed by atoms with Gasteiger partial charge < -0.3 is 25.1 Å². The first-order valence-electron chi connectivity index (χ1n) is 11.6. The van der Waals surface area contributed by atoms with E-state index in [2.05, 4.69) is 20.6 Å². The zero-order chi connectivity index (χ0) is 25.7. The summed E-state index contributed by atoms with van der Waals surface area (Å²) in [6.45, 7) is 4.00. The maximum absolute atomic E-state index is 13.8. The van der Waals surface area contributed by atoms with E-state index in [4.69, 9.17) is 4.42 Å². The molecule has 0 spiro atoms. The second kappa shape index (κ2) is 10.9. The fourth-order valence-corrected chi connectivity index (χ4v) is 4.05. The molecule has 0 aliphatic heterocycles. The van der Waals surface area contributed by atoms with E-state index in [-0.39, 0.29) is 6.42 Å². The molecule has 1 atom stereocenters. The highest BCUT2D eigenvalue weighted by Gasteiger charge is 2.24. The number of carboxylic acids is 1. The molecule has 1 amide bonds. The molecule has 9 heteroatoms. The second-order valence-electron chi connectivity index (χ2n) is 8.49. The molecule has 4 N–H and O–H groups in total. The molecule has 36 heavy (non-hydrogen) atoms. The lowest BCUT2D eigenvalue weighted by Crippen LogP contribution is -2.42. The van der Waals surface area contributed by atoms with Gasteiger partial charge in [0.1, 0.15) is 17.6 Å². The number of furan rings is 1.